The number of carbonyl (C=O) groups excluding carboxylic acids is 1. The van der Waals surface area contributed by atoms with Crippen molar-refractivity contribution >= 4 is 17.8 Å². The van der Waals surface area contributed by atoms with E-state index >= 15 is 0 Å². The van der Waals surface area contributed by atoms with E-state index < -0.39 is 0 Å². The molecule has 1 atom stereocenters. The van der Waals surface area contributed by atoms with Crippen molar-refractivity contribution in [1.82, 2.24) is 10.2 Å². The first kappa shape index (κ1) is 17.9. The maximum absolute atomic E-state index is 13.3. The van der Waals surface area contributed by atoms with Gasteiger partial charge in [0.05, 0.1) is 0 Å². The lowest BCUT2D eigenvalue weighted by Crippen LogP contribution is -2.61. The number of rotatable bonds is 3. The Bertz CT molecular complexity index is 678. The van der Waals surface area contributed by atoms with Crippen LogP contribution in [0.5, 0.6) is 0 Å². The van der Waals surface area contributed by atoms with E-state index in [-0.39, 0.29) is 16.9 Å². The van der Waals surface area contributed by atoms with E-state index in [1.54, 1.807) is 0 Å². The van der Waals surface area contributed by atoms with Crippen LogP contribution in [0.1, 0.15) is 74.8 Å². The van der Waals surface area contributed by atoms with Gasteiger partial charge in [-0.25, -0.2) is 4.79 Å². The summed E-state index contributed by atoms with van der Waals surface area (Å²) >= 11 is 1.90. The van der Waals surface area contributed by atoms with Crippen LogP contribution >= 0.6 is 11.8 Å². The summed E-state index contributed by atoms with van der Waals surface area (Å²) in [6, 6.07) is 9.09. The number of nitrogens with one attached hydrogen (secondary N) is 1. The van der Waals surface area contributed by atoms with Gasteiger partial charge in [0.1, 0.15) is 5.37 Å². The monoisotopic (exact) mass is 384 g/mol. The first-order chi connectivity index (χ1) is 13.0. The standard InChI is InChI=1S/C23H32N2OS/c1-15(2)19-3-5-20(6-4-19)21-25(7-8-27-21)22(26)24-23-12-16-9-17(13-23)11-18(10-16)14-23/h3-6,15-18,21H,7-14H2,1-2H3,(H,24,26). The molecule has 1 N–H and O–H groups in total. The number of thioether (sulfide) groups is 1. The number of nitrogens with zero attached hydrogens (tertiary/aromatic N) is 1. The maximum atomic E-state index is 13.3. The summed E-state index contributed by atoms with van der Waals surface area (Å²) in [5.41, 5.74) is 2.74. The predicted octanol–water partition coefficient (Wildman–Crippen LogP) is 5.54. The van der Waals surface area contributed by atoms with E-state index in [9.17, 15) is 4.79 Å². The zero-order valence-corrected chi connectivity index (χ0v) is 17.4. The molecule has 0 spiro atoms. The van der Waals surface area contributed by atoms with Crippen LogP contribution < -0.4 is 5.32 Å². The van der Waals surface area contributed by atoms with Crippen molar-refractivity contribution in [2.75, 3.05) is 12.3 Å². The van der Waals surface area contributed by atoms with E-state index in [0.29, 0.717) is 5.92 Å². The molecule has 1 unspecified atom stereocenters. The zero-order valence-electron chi connectivity index (χ0n) is 16.6. The van der Waals surface area contributed by atoms with Crippen molar-refractivity contribution in [3.05, 3.63) is 35.4 Å². The molecule has 5 fully saturated rings. The van der Waals surface area contributed by atoms with Crippen LogP contribution in [0.4, 0.5) is 4.79 Å². The largest absolute Gasteiger partial charge is 0.332 e. The van der Waals surface area contributed by atoms with E-state index in [0.717, 1.165) is 30.1 Å². The number of hydrogen-bond donors (Lipinski definition) is 1. The smallest absolute Gasteiger partial charge is 0.319 e. The molecule has 146 valence electrons. The highest BCUT2D eigenvalue weighted by Crippen LogP contribution is 2.55. The molecule has 3 nitrogen and oxygen atoms in total. The molecule has 4 heteroatoms. The van der Waals surface area contributed by atoms with Crippen LogP contribution in [0.25, 0.3) is 0 Å². The highest BCUT2D eigenvalue weighted by Gasteiger charge is 2.52. The van der Waals surface area contributed by atoms with Gasteiger partial charge < -0.3 is 10.2 Å². The van der Waals surface area contributed by atoms with Gasteiger partial charge in [-0.05, 0) is 73.3 Å². The molecule has 0 aromatic heterocycles. The van der Waals surface area contributed by atoms with Crippen LogP contribution in [-0.4, -0.2) is 28.8 Å². The first-order valence-corrected chi connectivity index (χ1v) is 11.9. The van der Waals surface area contributed by atoms with Crippen molar-refractivity contribution in [1.29, 1.82) is 0 Å². The number of amides is 2. The van der Waals surface area contributed by atoms with E-state index in [1.807, 2.05) is 11.8 Å². The quantitative estimate of drug-likeness (QED) is 0.742. The minimum atomic E-state index is 0.102. The maximum Gasteiger partial charge on any atom is 0.319 e. The zero-order chi connectivity index (χ0) is 18.6. The molecular weight excluding hydrogens is 352 g/mol. The molecule has 1 heterocycles. The predicted molar refractivity (Wildman–Crippen MR) is 112 cm³/mol. The summed E-state index contributed by atoms with van der Waals surface area (Å²) in [6.45, 7) is 5.31. The molecule has 4 bridgehead atoms. The molecule has 4 aliphatic carbocycles. The number of urea groups is 1. The van der Waals surface area contributed by atoms with Crippen molar-refractivity contribution in [3.63, 3.8) is 0 Å². The summed E-state index contributed by atoms with van der Waals surface area (Å²) in [6.07, 6.45) is 7.91. The molecule has 4 saturated carbocycles. The summed E-state index contributed by atoms with van der Waals surface area (Å²) in [4.78, 5) is 15.4. The Morgan fingerprint density at radius 2 is 1.67 bits per heavy atom. The van der Waals surface area contributed by atoms with Gasteiger partial charge in [0.15, 0.2) is 0 Å². The number of carbonyl (C=O) groups is 1. The van der Waals surface area contributed by atoms with Gasteiger partial charge in [-0.1, -0.05) is 38.1 Å². The van der Waals surface area contributed by atoms with Gasteiger partial charge in [0.25, 0.3) is 0 Å². The van der Waals surface area contributed by atoms with Crippen molar-refractivity contribution in [2.24, 2.45) is 17.8 Å². The summed E-state index contributed by atoms with van der Waals surface area (Å²) in [5, 5.41) is 3.74. The Hall–Kier alpha value is -1.16. The van der Waals surface area contributed by atoms with Crippen molar-refractivity contribution in [3.8, 4) is 0 Å². The molecule has 5 aliphatic rings. The molecule has 1 aliphatic heterocycles. The van der Waals surface area contributed by atoms with Crippen LogP contribution in [0.15, 0.2) is 24.3 Å². The number of hydrogen-bond acceptors (Lipinski definition) is 2. The summed E-state index contributed by atoms with van der Waals surface area (Å²) in [7, 11) is 0. The average Bonchev–Trinajstić information content (AvgIpc) is 3.10. The van der Waals surface area contributed by atoms with E-state index in [4.69, 9.17) is 0 Å². The molecule has 0 radical (unpaired) electrons. The third-order valence-corrected chi connectivity index (χ3v) is 8.71. The van der Waals surface area contributed by atoms with Crippen molar-refractivity contribution < 1.29 is 4.79 Å². The molecule has 1 aromatic carbocycles. The van der Waals surface area contributed by atoms with E-state index in [1.165, 1.54) is 49.7 Å². The third kappa shape index (κ3) is 3.28. The fourth-order valence-electron chi connectivity index (χ4n) is 6.56. The normalized spacial score (nSPS) is 37.2. The van der Waals surface area contributed by atoms with Gasteiger partial charge in [0, 0.05) is 17.8 Å². The van der Waals surface area contributed by atoms with Crippen LogP contribution in [0.3, 0.4) is 0 Å². The van der Waals surface area contributed by atoms with Crippen LogP contribution in [-0.2, 0) is 0 Å². The Morgan fingerprint density at radius 3 is 2.22 bits per heavy atom. The lowest BCUT2D eigenvalue weighted by atomic mass is 9.53. The number of benzene rings is 1. The first-order valence-electron chi connectivity index (χ1n) is 10.8. The molecular formula is C23H32N2OS. The minimum absolute atomic E-state index is 0.102. The molecule has 1 saturated heterocycles. The second kappa shape index (κ2) is 6.72. The Labute approximate surface area is 167 Å². The highest BCUT2D eigenvalue weighted by atomic mass is 32.2. The second-order valence-corrected chi connectivity index (χ2v) is 11.1. The van der Waals surface area contributed by atoms with Gasteiger partial charge in [-0.2, -0.15) is 0 Å². The van der Waals surface area contributed by atoms with Gasteiger partial charge in [-0.3, -0.25) is 0 Å². The van der Waals surface area contributed by atoms with Gasteiger partial charge >= 0.3 is 6.03 Å². The fraction of sp³-hybridized carbons (Fsp3) is 0.696. The molecule has 2 amide bonds. The van der Waals surface area contributed by atoms with Gasteiger partial charge in [-0.15, -0.1) is 11.8 Å². The van der Waals surface area contributed by atoms with Crippen LogP contribution in [0.2, 0.25) is 0 Å². The highest BCUT2D eigenvalue weighted by molar-refractivity contribution is 7.99. The molecule has 1 aromatic rings. The third-order valence-electron chi connectivity index (χ3n) is 7.45. The summed E-state index contributed by atoms with van der Waals surface area (Å²) < 4.78 is 0. The second-order valence-electron chi connectivity index (χ2n) is 9.87. The van der Waals surface area contributed by atoms with Crippen LogP contribution in [0, 0.1) is 17.8 Å². The Balaban J connectivity index is 1.31. The van der Waals surface area contributed by atoms with Gasteiger partial charge in [0.2, 0.25) is 0 Å². The lowest BCUT2D eigenvalue weighted by Gasteiger charge is -2.57. The van der Waals surface area contributed by atoms with E-state index in [2.05, 4.69) is 48.3 Å². The Kier molecular flexibility index (Phi) is 4.46. The lowest BCUT2D eigenvalue weighted by molar-refractivity contribution is -0.0156. The Morgan fingerprint density at radius 1 is 1.07 bits per heavy atom. The summed E-state index contributed by atoms with van der Waals surface area (Å²) in [5.74, 6) is 4.17. The SMILES string of the molecule is CC(C)c1ccc(C2SCCN2C(=O)NC23CC4CC(CC(C4)C2)C3)cc1. The molecule has 27 heavy (non-hydrogen) atoms. The van der Waals surface area contributed by atoms with Crippen molar-refractivity contribution in [2.45, 2.75) is 69.2 Å². The minimum Gasteiger partial charge on any atom is -0.332 e. The fourth-order valence-corrected chi connectivity index (χ4v) is 7.82. The topological polar surface area (TPSA) is 32.3 Å². The molecule has 6 rings (SSSR count). The average molecular weight is 385 g/mol.